The van der Waals surface area contributed by atoms with Crippen molar-refractivity contribution in [2.45, 2.75) is 49.9 Å². The van der Waals surface area contributed by atoms with E-state index in [2.05, 4.69) is 5.32 Å². The van der Waals surface area contributed by atoms with Gasteiger partial charge in [0.2, 0.25) is 0 Å². The molecule has 170 valence electrons. The van der Waals surface area contributed by atoms with Crippen LogP contribution in [0.25, 0.3) is 16.7 Å². The van der Waals surface area contributed by atoms with Crippen LogP contribution in [-0.4, -0.2) is 33.4 Å². The van der Waals surface area contributed by atoms with Gasteiger partial charge in [-0.05, 0) is 73.6 Å². The first-order valence-corrected chi connectivity index (χ1v) is 10.4. The van der Waals surface area contributed by atoms with E-state index in [9.17, 15) is 32.6 Å². The number of rotatable bonds is 2. The summed E-state index contributed by atoms with van der Waals surface area (Å²) >= 11 is 5.89. The minimum atomic E-state index is -4.81. The number of amides is 1. The number of hydrogen-bond acceptors (Lipinski definition) is 3. The molecule has 0 saturated heterocycles. The smallest absolute Gasteiger partial charge is 0.417 e. The van der Waals surface area contributed by atoms with Crippen molar-refractivity contribution in [2.75, 3.05) is 0 Å². The number of hydrogen-bond donors (Lipinski definition) is 3. The van der Waals surface area contributed by atoms with Crippen LogP contribution in [0, 0.1) is 12.7 Å². The molecule has 1 heterocycles. The van der Waals surface area contributed by atoms with Crippen molar-refractivity contribution in [2.24, 2.45) is 0 Å². The molecule has 1 aliphatic carbocycles. The molecule has 0 radical (unpaired) electrons. The number of alkyl halides is 3. The molecule has 0 aromatic heterocycles. The Morgan fingerprint density at radius 1 is 1.03 bits per heavy atom. The van der Waals surface area contributed by atoms with Gasteiger partial charge >= 0.3 is 6.18 Å². The Hall–Kier alpha value is -2.58. The van der Waals surface area contributed by atoms with Crippen LogP contribution >= 0.6 is 11.6 Å². The Labute approximate surface area is 186 Å². The van der Waals surface area contributed by atoms with Gasteiger partial charge in [-0.15, -0.1) is 0 Å². The topological polar surface area (TPSA) is 69.6 Å². The zero-order chi connectivity index (χ0) is 23.5. The first-order valence-electron chi connectivity index (χ1n) is 9.99. The third kappa shape index (κ3) is 3.55. The molecular formula is C23H20ClF4NO3. The molecule has 0 atom stereocenters. The minimum Gasteiger partial charge on any atom is -0.509 e. The molecule has 1 saturated carbocycles. The van der Waals surface area contributed by atoms with Crippen molar-refractivity contribution in [1.82, 2.24) is 5.32 Å². The molecule has 3 N–H and O–H groups in total. The molecule has 4 rings (SSSR count). The summed E-state index contributed by atoms with van der Waals surface area (Å²) in [6, 6.07) is 9.09. The highest BCUT2D eigenvalue weighted by molar-refractivity contribution is 6.30. The summed E-state index contributed by atoms with van der Waals surface area (Å²) < 4.78 is 54.2. The molecule has 0 unspecified atom stereocenters. The van der Waals surface area contributed by atoms with Crippen LogP contribution < -0.4 is 5.32 Å². The van der Waals surface area contributed by atoms with E-state index in [4.69, 9.17) is 11.6 Å². The van der Waals surface area contributed by atoms with Crippen molar-refractivity contribution in [1.29, 1.82) is 0 Å². The number of aliphatic hydroxyl groups excluding tert-OH is 1. The average Bonchev–Trinajstić information content (AvgIpc) is 2.95. The molecule has 2 aliphatic rings. The summed E-state index contributed by atoms with van der Waals surface area (Å²) in [5, 5.41) is 24.0. The predicted octanol–water partition coefficient (Wildman–Crippen LogP) is 5.46. The Bertz CT molecular complexity index is 1120. The van der Waals surface area contributed by atoms with E-state index in [0.29, 0.717) is 16.1 Å². The third-order valence-corrected chi connectivity index (χ3v) is 6.72. The Morgan fingerprint density at radius 2 is 1.62 bits per heavy atom. The molecule has 2 aromatic carbocycles. The van der Waals surface area contributed by atoms with E-state index in [1.54, 1.807) is 31.2 Å². The molecule has 32 heavy (non-hydrogen) atoms. The van der Waals surface area contributed by atoms with Crippen molar-refractivity contribution >= 4 is 23.1 Å². The van der Waals surface area contributed by atoms with Crippen LogP contribution in [0.3, 0.4) is 0 Å². The van der Waals surface area contributed by atoms with E-state index in [1.165, 1.54) is 12.1 Å². The highest BCUT2D eigenvalue weighted by Gasteiger charge is 2.60. The van der Waals surface area contributed by atoms with Crippen LogP contribution in [-0.2, 0) is 4.79 Å². The van der Waals surface area contributed by atoms with Gasteiger partial charge in [0.25, 0.3) is 5.91 Å². The number of aryl methyl sites for hydroxylation is 1. The van der Waals surface area contributed by atoms with Crippen molar-refractivity contribution in [3.05, 3.63) is 64.1 Å². The summed E-state index contributed by atoms with van der Waals surface area (Å²) in [6.07, 6.45) is -6.69. The number of halogens is 5. The van der Waals surface area contributed by atoms with Crippen molar-refractivity contribution < 1.29 is 32.6 Å². The molecular weight excluding hydrogens is 450 g/mol. The zero-order valence-corrected chi connectivity index (χ0v) is 17.7. The second-order valence-corrected chi connectivity index (χ2v) is 8.88. The minimum absolute atomic E-state index is 0.102. The first-order chi connectivity index (χ1) is 14.9. The lowest BCUT2D eigenvalue weighted by Gasteiger charge is -2.42. The average molecular weight is 470 g/mol. The van der Waals surface area contributed by atoms with Crippen molar-refractivity contribution in [3.63, 3.8) is 0 Å². The maximum absolute atomic E-state index is 14.7. The number of benzene rings is 2. The molecule has 0 bridgehead atoms. The summed E-state index contributed by atoms with van der Waals surface area (Å²) in [5.41, 5.74) is -3.00. The molecule has 1 spiro atoms. The SMILES string of the molecule is Cc1cc(F)c(-c2ccc(Cl)cc2)cc1C1=C(O)[C@]2(CC[C@](O)(C(F)(F)F)CC2)NC1=O. The van der Waals surface area contributed by atoms with E-state index >= 15 is 0 Å². The summed E-state index contributed by atoms with van der Waals surface area (Å²) in [7, 11) is 0. The van der Waals surface area contributed by atoms with Gasteiger partial charge in [0.1, 0.15) is 11.6 Å². The number of aliphatic hydroxyl groups is 2. The standard InChI is InChI=1S/C23H20ClF4NO3/c1-12-10-17(25)16(13-2-4-14(24)5-3-13)11-15(12)18-19(30)21(29-20(18)31)6-8-22(32,9-7-21)23(26,27)28/h2-5,10-11,30,32H,6-9H2,1H3,(H,29,31)/t21-,22-. The highest BCUT2D eigenvalue weighted by atomic mass is 35.5. The molecule has 4 nitrogen and oxygen atoms in total. The van der Waals surface area contributed by atoms with E-state index in [1.807, 2.05) is 0 Å². The van der Waals surface area contributed by atoms with E-state index < -0.39 is 41.9 Å². The second-order valence-electron chi connectivity index (χ2n) is 8.44. The highest BCUT2D eigenvalue weighted by Crippen LogP contribution is 2.49. The van der Waals surface area contributed by atoms with Gasteiger partial charge in [0.05, 0.1) is 11.1 Å². The van der Waals surface area contributed by atoms with E-state index in [0.717, 1.165) is 0 Å². The molecule has 1 fully saturated rings. The van der Waals surface area contributed by atoms with Crippen molar-refractivity contribution in [3.8, 4) is 11.1 Å². The molecule has 1 aliphatic heterocycles. The van der Waals surface area contributed by atoms with Gasteiger partial charge in [0.15, 0.2) is 5.60 Å². The van der Waals surface area contributed by atoms with Gasteiger partial charge in [-0.25, -0.2) is 4.39 Å². The molecule has 2 aromatic rings. The van der Waals surface area contributed by atoms with Crippen LogP contribution in [0.2, 0.25) is 5.02 Å². The lowest BCUT2D eigenvalue weighted by Crippen LogP contribution is -2.56. The third-order valence-electron chi connectivity index (χ3n) is 6.47. The number of carbonyl (C=O) groups is 1. The monoisotopic (exact) mass is 469 g/mol. The van der Waals surface area contributed by atoms with Gasteiger partial charge in [-0.1, -0.05) is 23.7 Å². The lowest BCUT2D eigenvalue weighted by atomic mass is 9.73. The van der Waals surface area contributed by atoms with Gasteiger partial charge in [0, 0.05) is 10.6 Å². The summed E-state index contributed by atoms with van der Waals surface area (Å²) in [6.45, 7) is 1.58. The maximum Gasteiger partial charge on any atom is 0.417 e. The van der Waals surface area contributed by atoms with Crippen LogP contribution in [0.4, 0.5) is 17.6 Å². The number of nitrogens with one attached hydrogen (secondary N) is 1. The largest absolute Gasteiger partial charge is 0.509 e. The first kappa shape index (κ1) is 22.6. The van der Waals surface area contributed by atoms with E-state index in [-0.39, 0.29) is 35.3 Å². The fourth-order valence-corrected chi connectivity index (χ4v) is 4.59. The molecule has 9 heteroatoms. The zero-order valence-electron chi connectivity index (χ0n) is 17.0. The van der Waals surface area contributed by atoms with Crippen LogP contribution in [0.15, 0.2) is 42.2 Å². The Morgan fingerprint density at radius 3 is 2.19 bits per heavy atom. The lowest BCUT2D eigenvalue weighted by molar-refractivity contribution is -0.272. The van der Waals surface area contributed by atoms with Crippen LogP contribution in [0.5, 0.6) is 0 Å². The van der Waals surface area contributed by atoms with Crippen LogP contribution in [0.1, 0.15) is 36.8 Å². The maximum atomic E-state index is 14.7. The fraction of sp³-hybridized carbons (Fsp3) is 0.348. The summed E-state index contributed by atoms with van der Waals surface area (Å²) in [5.74, 6) is -1.57. The fourth-order valence-electron chi connectivity index (χ4n) is 4.46. The predicted molar refractivity (Wildman–Crippen MR) is 111 cm³/mol. The van der Waals surface area contributed by atoms with Gasteiger partial charge < -0.3 is 15.5 Å². The Balaban J connectivity index is 1.75. The second kappa shape index (κ2) is 7.49. The normalized spacial score (nSPS) is 26.0. The Kier molecular flexibility index (Phi) is 5.29. The quantitative estimate of drug-likeness (QED) is 0.512. The molecule has 1 amide bonds. The van der Waals surface area contributed by atoms with Gasteiger partial charge in [-0.3, -0.25) is 4.79 Å². The number of carbonyl (C=O) groups excluding carboxylic acids is 1. The van der Waals surface area contributed by atoms with Gasteiger partial charge in [-0.2, -0.15) is 13.2 Å². The summed E-state index contributed by atoms with van der Waals surface area (Å²) in [4.78, 5) is 12.8.